The number of aryl methyl sites for hydroxylation is 1. The minimum Gasteiger partial charge on any atom is -0.264 e. The van der Waals surface area contributed by atoms with Crippen LogP contribution in [0, 0.1) is 6.92 Å². The Bertz CT molecular complexity index is 256. The van der Waals surface area contributed by atoms with Crippen LogP contribution in [0.15, 0.2) is 6.20 Å². The molecule has 4 heteroatoms. The molecule has 12 heavy (non-hydrogen) atoms. The second-order valence-electron chi connectivity index (χ2n) is 2.68. The quantitative estimate of drug-likeness (QED) is 0.685. The Labute approximate surface area is 70.2 Å². The monoisotopic (exact) mass is 174 g/mol. The second kappa shape index (κ2) is 3.65. The molecule has 0 radical (unpaired) electrons. The van der Waals surface area contributed by atoms with Crippen LogP contribution in [-0.4, -0.2) is 16.2 Å². The average Bonchev–Trinajstić information content (AvgIpc) is 2.32. The highest BCUT2D eigenvalue weighted by Crippen LogP contribution is 2.09. The lowest BCUT2D eigenvalue weighted by atomic mass is 10.2. The summed E-state index contributed by atoms with van der Waals surface area (Å²) < 4.78 is 25.3. The van der Waals surface area contributed by atoms with Crippen LogP contribution in [0.2, 0.25) is 0 Å². The molecule has 1 aromatic heterocycles. The van der Waals surface area contributed by atoms with Crippen LogP contribution in [0.1, 0.15) is 18.2 Å². The molecule has 1 rings (SSSR count). The van der Waals surface area contributed by atoms with E-state index in [9.17, 15) is 8.78 Å². The van der Waals surface area contributed by atoms with E-state index in [0.717, 1.165) is 17.7 Å². The third-order valence-corrected chi connectivity index (χ3v) is 1.90. The molecule has 0 atom stereocenters. The fourth-order valence-electron chi connectivity index (χ4n) is 1.15. The molecule has 0 aromatic carbocycles. The number of hydrogen-bond acceptors (Lipinski definition) is 1. The standard InChI is InChI=1S/C8H12F2N2/c1-3-7-4-11-12(6(7)2)5-8(9)10/h4,8H,3,5H2,1-2H3. The summed E-state index contributed by atoms with van der Waals surface area (Å²) in [5.74, 6) is 0. The fourth-order valence-corrected chi connectivity index (χ4v) is 1.15. The Kier molecular flexibility index (Phi) is 2.78. The second-order valence-corrected chi connectivity index (χ2v) is 2.68. The molecule has 2 nitrogen and oxygen atoms in total. The molecule has 0 unspecified atom stereocenters. The maximum Gasteiger partial charge on any atom is 0.257 e. The van der Waals surface area contributed by atoms with E-state index in [4.69, 9.17) is 0 Å². The van der Waals surface area contributed by atoms with Gasteiger partial charge in [0.25, 0.3) is 6.43 Å². The van der Waals surface area contributed by atoms with Crippen molar-refractivity contribution in [1.82, 2.24) is 9.78 Å². The SMILES string of the molecule is CCc1cnn(CC(F)F)c1C. The summed E-state index contributed by atoms with van der Waals surface area (Å²) in [5.41, 5.74) is 1.88. The molecule has 0 spiro atoms. The van der Waals surface area contributed by atoms with Crippen LogP contribution in [-0.2, 0) is 13.0 Å². The molecule has 0 aliphatic carbocycles. The minimum atomic E-state index is -2.33. The molecule has 1 aromatic rings. The molecule has 0 saturated heterocycles. The molecular weight excluding hydrogens is 162 g/mol. The molecule has 1 heterocycles. The Morgan fingerprint density at radius 1 is 1.58 bits per heavy atom. The van der Waals surface area contributed by atoms with Crippen molar-refractivity contribution < 1.29 is 8.78 Å². The third kappa shape index (κ3) is 1.81. The molecule has 0 fully saturated rings. The van der Waals surface area contributed by atoms with E-state index in [1.54, 1.807) is 6.20 Å². The van der Waals surface area contributed by atoms with Gasteiger partial charge < -0.3 is 0 Å². The summed E-state index contributed by atoms with van der Waals surface area (Å²) in [7, 11) is 0. The summed E-state index contributed by atoms with van der Waals surface area (Å²) in [4.78, 5) is 0. The number of aromatic nitrogens is 2. The van der Waals surface area contributed by atoms with Gasteiger partial charge in [-0.15, -0.1) is 0 Å². The van der Waals surface area contributed by atoms with Gasteiger partial charge in [-0.2, -0.15) is 5.10 Å². The largest absolute Gasteiger partial charge is 0.264 e. The van der Waals surface area contributed by atoms with Gasteiger partial charge in [0, 0.05) is 5.69 Å². The first kappa shape index (κ1) is 9.16. The van der Waals surface area contributed by atoms with Gasteiger partial charge in [0.2, 0.25) is 0 Å². The number of halogens is 2. The molecule has 0 aliphatic heterocycles. The number of hydrogen-bond donors (Lipinski definition) is 0. The van der Waals surface area contributed by atoms with Crippen molar-refractivity contribution in [3.05, 3.63) is 17.5 Å². The van der Waals surface area contributed by atoms with Gasteiger partial charge in [0.15, 0.2) is 0 Å². The average molecular weight is 174 g/mol. The minimum absolute atomic E-state index is 0.300. The van der Waals surface area contributed by atoms with Crippen molar-refractivity contribution in [2.75, 3.05) is 0 Å². The lowest BCUT2D eigenvalue weighted by Gasteiger charge is -2.03. The third-order valence-electron chi connectivity index (χ3n) is 1.90. The molecule has 0 N–H and O–H groups in total. The van der Waals surface area contributed by atoms with Crippen LogP contribution in [0.4, 0.5) is 8.78 Å². The van der Waals surface area contributed by atoms with Crippen molar-refractivity contribution in [3.63, 3.8) is 0 Å². The van der Waals surface area contributed by atoms with Gasteiger partial charge in [-0.25, -0.2) is 8.78 Å². The maximum atomic E-state index is 12.0. The van der Waals surface area contributed by atoms with Crippen molar-refractivity contribution >= 4 is 0 Å². The molecular formula is C8H12F2N2. The number of alkyl halides is 2. The summed E-state index contributed by atoms with van der Waals surface area (Å²) in [5, 5.41) is 3.86. The van der Waals surface area contributed by atoms with Crippen molar-refractivity contribution in [2.45, 2.75) is 33.2 Å². The van der Waals surface area contributed by atoms with Gasteiger partial charge in [-0.3, -0.25) is 4.68 Å². The number of rotatable bonds is 3. The van der Waals surface area contributed by atoms with E-state index in [0.29, 0.717) is 0 Å². The normalized spacial score (nSPS) is 11.1. The molecule has 68 valence electrons. The Morgan fingerprint density at radius 3 is 2.67 bits per heavy atom. The smallest absolute Gasteiger partial charge is 0.257 e. The van der Waals surface area contributed by atoms with Gasteiger partial charge in [0.1, 0.15) is 6.54 Å². The Hall–Kier alpha value is -0.930. The topological polar surface area (TPSA) is 17.8 Å². The van der Waals surface area contributed by atoms with Crippen LogP contribution >= 0.6 is 0 Å². The van der Waals surface area contributed by atoms with Crippen molar-refractivity contribution in [1.29, 1.82) is 0 Å². The summed E-state index contributed by atoms with van der Waals surface area (Å²) in [6, 6.07) is 0. The van der Waals surface area contributed by atoms with Crippen LogP contribution in [0.3, 0.4) is 0 Å². The zero-order valence-corrected chi connectivity index (χ0v) is 7.22. The van der Waals surface area contributed by atoms with E-state index in [1.807, 2.05) is 13.8 Å². The highest BCUT2D eigenvalue weighted by Gasteiger charge is 2.09. The zero-order valence-electron chi connectivity index (χ0n) is 7.22. The van der Waals surface area contributed by atoms with Gasteiger partial charge in [-0.1, -0.05) is 6.92 Å². The zero-order chi connectivity index (χ0) is 9.14. The first-order valence-electron chi connectivity index (χ1n) is 3.94. The van der Waals surface area contributed by atoms with Gasteiger partial charge in [-0.05, 0) is 18.9 Å². The molecule has 0 saturated carbocycles. The first-order chi connectivity index (χ1) is 5.65. The summed E-state index contributed by atoms with van der Waals surface area (Å²) >= 11 is 0. The predicted octanol–water partition coefficient (Wildman–Crippen LogP) is 2.02. The van der Waals surface area contributed by atoms with E-state index in [-0.39, 0.29) is 6.54 Å². The molecule has 0 bridgehead atoms. The van der Waals surface area contributed by atoms with Crippen LogP contribution in [0.5, 0.6) is 0 Å². The summed E-state index contributed by atoms with van der Waals surface area (Å²) in [6.07, 6.45) is 0.167. The van der Waals surface area contributed by atoms with Crippen molar-refractivity contribution in [3.8, 4) is 0 Å². The van der Waals surface area contributed by atoms with E-state index in [1.165, 1.54) is 4.68 Å². The van der Waals surface area contributed by atoms with Crippen LogP contribution < -0.4 is 0 Å². The van der Waals surface area contributed by atoms with E-state index < -0.39 is 6.43 Å². The Balaban J connectivity index is 2.80. The van der Waals surface area contributed by atoms with Gasteiger partial charge >= 0.3 is 0 Å². The lowest BCUT2D eigenvalue weighted by Crippen LogP contribution is -2.09. The highest BCUT2D eigenvalue weighted by atomic mass is 19.3. The fraction of sp³-hybridized carbons (Fsp3) is 0.625. The van der Waals surface area contributed by atoms with E-state index in [2.05, 4.69) is 5.10 Å². The maximum absolute atomic E-state index is 12.0. The lowest BCUT2D eigenvalue weighted by molar-refractivity contribution is 0.121. The number of nitrogens with zero attached hydrogens (tertiary/aromatic N) is 2. The van der Waals surface area contributed by atoms with Gasteiger partial charge in [0.05, 0.1) is 6.20 Å². The molecule has 0 aliphatic rings. The highest BCUT2D eigenvalue weighted by molar-refractivity contribution is 5.15. The predicted molar refractivity (Wildman–Crippen MR) is 42.3 cm³/mol. The Morgan fingerprint density at radius 2 is 2.25 bits per heavy atom. The van der Waals surface area contributed by atoms with E-state index >= 15 is 0 Å². The molecule has 0 amide bonds. The van der Waals surface area contributed by atoms with Crippen LogP contribution in [0.25, 0.3) is 0 Å². The van der Waals surface area contributed by atoms with Crippen molar-refractivity contribution in [2.24, 2.45) is 0 Å². The summed E-state index contributed by atoms with van der Waals surface area (Å²) in [6.45, 7) is 3.50. The first-order valence-corrected chi connectivity index (χ1v) is 3.94.